The van der Waals surface area contributed by atoms with Crippen LogP contribution in [0.4, 0.5) is 0 Å². The molecule has 4 heteroatoms. The van der Waals surface area contributed by atoms with Crippen molar-refractivity contribution in [3.63, 3.8) is 0 Å². The zero-order valence-corrected chi connectivity index (χ0v) is 10.8. The van der Waals surface area contributed by atoms with E-state index < -0.39 is 9.84 Å². The molecule has 0 aliphatic carbocycles. The SMILES string of the molecule is CC1CC(C)(C)[N+]2(CCS(=O)(=O)CC2)C1. The zero-order chi connectivity index (χ0) is 11.3. The third-order valence-electron chi connectivity index (χ3n) is 4.45. The van der Waals surface area contributed by atoms with E-state index in [1.807, 2.05) is 0 Å². The molecule has 0 aromatic rings. The Kier molecular flexibility index (Phi) is 2.43. The summed E-state index contributed by atoms with van der Waals surface area (Å²) in [6.45, 7) is 9.72. The average Bonchev–Trinajstić information content (AvgIpc) is 2.29. The highest BCUT2D eigenvalue weighted by Crippen LogP contribution is 2.40. The molecule has 0 radical (unpaired) electrons. The first-order chi connectivity index (χ1) is 6.77. The van der Waals surface area contributed by atoms with Gasteiger partial charge < -0.3 is 4.48 Å². The second-order valence-electron chi connectivity index (χ2n) is 6.05. The first kappa shape index (κ1) is 11.4. The molecule has 3 nitrogen and oxygen atoms in total. The molecule has 1 unspecified atom stereocenters. The van der Waals surface area contributed by atoms with E-state index in [2.05, 4.69) is 20.8 Å². The van der Waals surface area contributed by atoms with Crippen LogP contribution in [0.1, 0.15) is 27.2 Å². The fourth-order valence-electron chi connectivity index (χ4n) is 3.58. The maximum atomic E-state index is 11.5. The quantitative estimate of drug-likeness (QED) is 0.585. The highest BCUT2D eigenvalue weighted by Gasteiger charge is 2.53. The highest BCUT2D eigenvalue weighted by atomic mass is 32.2. The summed E-state index contributed by atoms with van der Waals surface area (Å²) in [5.41, 5.74) is 0.273. The van der Waals surface area contributed by atoms with Crippen LogP contribution in [0.3, 0.4) is 0 Å². The topological polar surface area (TPSA) is 34.1 Å². The summed E-state index contributed by atoms with van der Waals surface area (Å²) in [6.07, 6.45) is 1.23. The minimum atomic E-state index is -2.73. The number of hydrogen-bond donors (Lipinski definition) is 0. The molecule has 2 heterocycles. The molecule has 2 aliphatic heterocycles. The Hall–Kier alpha value is -0.0900. The van der Waals surface area contributed by atoms with Crippen LogP contribution in [0, 0.1) is 5.92 Å². The van der Waals surface area contributed by atoms with Crippen molar-refractivity contribution in [2.24, 2.45) is 5.92 Å². The smallest absolute Gasteiger partial charge is 0.161 e. The summed E-state index contributed by atoms with van der Waals surface area (Å²) in [6, 6.07) is 0. The lowest BCUT2D eigenvalue weighted by Gasteiger charge is -2.47. The monoisotopic (exact) mass is 232 g/mol. The molecule has 2 saturated heterocycles. The Morgan fingerprint density at radius 1 is 1.20 bits per heavy atom. The molecule has 88 valence electrons. The fourth-order valence-corrected chi connectivity index (χ4v) is 5.04. The van der Waals surface area contributed by atoms with Crippen LogP contribution in [-0.4, -0.2) is 49.6 Å². The molecule has 0 amide bonds. The van der Waals surface area contributed by atoms with Gasteiger partial charge in [0, 0.05) is 12.3 Å². The van der Waals surface area contributed by atoms with E-state index in [9.17, 15) is 8.42 Å². The molecule has 2 rings (SSSR count). The predicted molar refractivity (Wildman–Crippen MR) is 61.4 cm³/mol. The number of rotatable bonds is 0. The standard InChI is InChI=1S/C11H22NO2S/c1-10-8-11(2,3)12(9-10)4-6-15(13,14)7-5-12/h10H,4-9H2,1-3H3/q+1. The van der Waals surface area contributed by atoms with Crippen molar-refractivity contribution in [2.45, 2.75) is 32.7 Å². The van der Waals surface area contributed by atoms with Gasteiger partial charge in [0.15, 0.2) is 9.84 Å². The van der Waals surface area contributed by atoms with Gasteiger partial charge >= 0.3 is 0 Å². The van der Waals surface area contributed by atoms with Crippen LogP contribution in [-0.2, 0) is 9.84 Å². The van der Waals surface area contributed by atoms with Crippen molar-refractivity contribution in [3.8, 4) is 0 Å². The van der Waals surface area contributed by atoms with Crippen LogP contribution in [0.2, 0.25) is 0 Å². The molecule has 2 aliphatic rings. The third kappa shape index (κ3) is 1.82. The lowest BCUT2D eigenvalue weighted by molar-refractivity contribution is -0.958. The van der Waals surface area contributed by atoms with E-state index in [1.165, 1.54) is 13.0 Å². The molecule has 15 heavy (non-hydrogen) atoms. The fraction of sp³-hybridized carbons (Fsp3) is 1.00. The second kappa shape index (κ2) is 3.20. The van der Waals surface area contributed by atoms with Gasteiger partial charge in [-0.15, -0.1) is 0 Å². The predicted octanol–water partition coefficient (Wildman–Crippen LogP) is 1.05. The van der Waals surface area contributed by atoms with E-state index in [0.717, 1.165) is 23.5 Å². The summed E-state index contributed by atoms with van der Waals surface area (Å²) in [5.74, 6) is 1.52. The lowest BCUT2D eigenvalue weighted by atomic mass is 9.96. The van der Waals surface area contributed by atoms with Gasteiger partial charge in [0.05, 0.1) is 36.7 Å². The molecule has 0 saturated carbocycles. The number of sulfone groups is 1. The molecule has 0 bridgehead atoms. The lowest BCUT2D eigenvalue weighted by Crippen LogP contribution is -2.63. The average molecular weight is 232 g/mol. The summed E-state index contributed by atoms with van der Waals surface area (Å²) in [5, 5.41) is 0. The molecule has 0 aromatic carbocycles. The van der Waals surface area contributed by atoms with Crippen molar-refractivity contribution in [1.29, 1.82) is 0 Å². The van der Waals surface area contributed by atoms with Crippen LogP contribution in [0.15, 0.2) is 0 Å². The van der Waals surface area contributed by atoms with E-state index in [-0.39, 0.29) is 5.54 Å². The van der Waals surface area contributed by atoms with Gasteiger partial charge in [-0.2, -0.15) is 0 Å². The summed E-state index contributed by atoms with van der Waals surface area (Å²) in [4.78, 5) is 0. The second-order valence-corrected chi connectivity index (χ2v) is 8.35. The highest BCUT2D eigenvalue weighted by molar-refractivity contribution is 7.91. The normalized spacial score (nSPS) is 36.9. The van der Waals surface area contributed by atoms with E-state index in [4.69, 9.17) is 0 Å². The Morgan fingerprint density at radius 3 is 2.13 bits per heavy atom. The van der Waals surface area contributed by atoms with Gasteiger partial charge in [0.1, 0.15) is 0 Å². The maximum absolute atomic E-state index is 11.5. The largest absolute Gasteiger partial charge is 0.317 e. The van der Waals surface area contributed by atoms with Crippen molar-refractivity contribution >= 4 is 9.84 Å². The third-order valence-corrected chi connectivity index (χ3v) is 6.06. The van der Waals surface area contributed by atoms with E-state index >= 15 is 0 Å². The van der Waals surface area contributed by atoms with Crippen LogP contribution >= 0.6 is 0 Å². The molecular weight excluding hydrogens is 210 g/mol. The summed E-state index contributed by atoms with van der Waals surface area (Å²) >= 11 is 0. The maximum Gasteiger partial charge on any atom is 0.161 e. The molecule has 0 aromatic heterocycles. The zero-order valence-electron chi connectivity index (χ0n) is 9.99. The van der Waals surface area contributed by atoms with E-state index in [1.54, 1.807) is 0 Å². The molecule has 0 N–H and O–H groups in total. The van der Waals surface area contributed by atoms with Crippen LogP contribution in [0.5, 0.6) is 0 Å². The van der Waals surface area contributed by atoms with Crippen LogP contribution in [0.25, 0.3) is 0 Å². The Morgan fingerprint density at radius 2 is 1.73 bits per heavy atom. The van der Waals surface area contributed by atoms with Crippen LogP contribution < -0.4 is 0 Å². The van der Waals surface area contributed by atoms with Gasteiger partial charge in [-0.25, -0.2) is 8.42 Å². The molecule has 1 spiro atoms. The number of hydrogen-bond acceptors (Lipinski definition) is 2. The van der Waals surface area contributed by atoms with Crippen molar-refractivity contribution < 1.29 is 12.9 Å². The van der Waals surface area contributed by atoms with Gasteiger partial charge in [0.2, 0.25) is 0 Å². The molecule has 2 fully saturated rings. The number of quaternary nitrogens is 1. The Labute approximate surface area is 93.0 Å². The first-order valence-corrected chi connectivity index (χ1v) is 7.65. The summed E-state index contributed by atoms with van der Waals surface area (Å²) in [7, 11) is -2.73. The van der Waals surface area contributed by atoms with Gasteiger partial charge in [-0.05, 0) is 13.8 Å². The van der Waals surface area contributed by atoms with Gasteiger partial charge in [-0.1, -0.05) is 6.92 Å². The van der Waals surface area contributed by atoms with E-state index in [0.29, 0.717) is 11.5 Å². The van der Waals surface area contributed by atoms with Gasteiger partial charge in [-0.3, -0.25) is 0 Å². The van der Waals surface area contributed by atoms with Crippen molar-refractivity contribution in [2.75, 3.05) is 31.1 Å². The minimum Gasteiger partial charge on any atom is -0.317 e. The number of nitrogens with zero attached hydrogens (tertiary/aromatic N) is 1. The molecular formula is C11H22NO2S+. The Bertz CT molecular complexity index is 345. The van der Waals surface area contributed by atoms with Crippen molar-refractivity contribution in [3.05, 3.63) is 0 Å². The minimum absolute atomic E-state index is 0.273. The van der Waals surface area contributed by atoms with Crippen molar-refractivity contribution in [1.82, 2.24) is 0 Å². The first-order valence-electron chi connectivity index (χ1n) is 5.83. The van der Waals surface area contributed by atoms with Gasteiger partial charge in [0.25, 0.3) is 0 Å². The Balaban J connectivity index is 2.22. The summed E-state index contributed by atoms with van der Waals surface area (Å²) < 4.78 is 24.0. The molecule has 1 atom stereocenters.